The summed E-state index contributed by atoms with van der Waals surface area (Å²) < 4.78 is 304. The van der Waals surface area contributed by atoms with Gasteiger partial charge in [0.2, 0.25) is 23.3 Å². The van der Waals surface area contributed by atoms with E-state index >= 15 is 35.1 Å². The molecule has 9 rings (SSSR count). The Hall–Kier alpha value is -8.12. The molecule has 4 N–H and O–H groups in total. The highest BCUT2D eigenvalue weighted by molar-refractivity contribution is 6.03. The van der Waals surface area contributed by atoms with Crippen LogP contribution in [-0.4, -0.2) is 19.9 Å². The second-order valence-electron chi connectivity index (χ2n) is 14.5. The van der Waals surface area contributed by atoms with Crippen molar-refractivity contribution in [1.82, 2.24) is 19.9 Å². The first kappa shape index (κ1) is 46.0. The van der Waals surface area contributed by atoms with E-state index in [4.69, 9.17) is 5.73 Å². The van der Waals surface area contributed by atoms with E-state index in [-0.39, 0.29) is 0 Å². The van der Waals surface area contributed by atoms with E-state index in [2.05, 4.69) is 19.9 Å². The number of nitrogens with zero attached hydrogens (tertiary/aromatic N) is 2. The molecule has 69 heavy (non-hydrogen) atoms. The number of fused-ring (bicyclic) bond motifs is 8. The Morgan fingerprint density at radius 1 is 0.275 bits per heavy atom. The number of H-pyrrole nitrogens is 2. The van der Waals surface area contributed by atoms with Gasteiger partial charge in [-0.25, -0.2) is 97.8 Å². The van der Waals surface area contributed by atoms with Gasteiger partial charge in [0.05, 0.1) is 61.8 Å². The second kappa shape index (κ2) is 16.0. The number of benzene rings is 4. The minimum absolute atomic E-state index is 0.489. The first-order valence-corrected chi connectivity index (χ1v) is 18.5. The Balaban J connectivity index is 1.62. The molecule has 0 atom stereocenters. The third-order valence-electron chi connectivity index (χ3n) is 10.7. The fraction of sp³-hybridized carbons (Fsp3) is 0. The van der Waals surface area contributed by atoms with Crippen LogP contribution in [0.4, 0.5) is 93.5 Å². The van der Waals surface area contributed by atoms with Crippen LogP contribution in [0.1, 0.15) is 22.8 Å². The molecule has 2 aliphatic heterocycles. The highest BCUT2D eigenvalue weighted by atomic mass is 19.2. The average Bonchev–Trinajstić information content (AvgIpc) is 4.18. The molecule has 0 spiro atoms. The van der Waals surface area contributed by atoms with Gasteiger partial charge in [0, 0.05) is 33.3 Å². The molecule has 0 unspecified atom stereocenters. The number of halogens is 20. The molecule has 0 aliphatic carbocycles. The summed E-state index contributed by atoms with van der Waals surface area (Å²) in [4.78, 5) is 12.2. The first-order chi connectivity index (χ1) is 32.5. The molecule has 2 aliphatic rings. The summed E-state index contributed by atoms with van der Waals surface area (Å²) in [6.07, 6.45) is 2.27. The Bertz CT molecular complexity index is 3640. The Kier molecular flexibility index (Phi) is 10.7. The normalized spacial score (nSPS) is 12.3. The van der Waals surface area contributed by atoms with Gasteiger partial charge in [-0.15, -0.1) is 0 Å². The summed E-state index contributed by atoms with van der Waals surface area (Å²) in [6, 6.07) is 1.72. The first-order valence-electron chi connectivity index (χ1n) is 18.5. The standard InChI is InChI=1S/C44H11F20N5/c45-24-20(25(46)33(54)40(61)32(24)53)16-9-1-2-10(66-9)17(21-26(47)34(55)41(62)35(56)27(21)48)12-5-6-14(68-12)19(23-30(51)38(59)43(64)39(60)31(23)52)44-8(65)7-15(69-44)18(13-4-3-11(16)67-13)22-28(49)36(57)42(63)37(58)29(22)50/h1-7,66,69H,65H2. The SMILES string of the molecule is Nc1cc2[nH]c1c(-c1c(F)c(F)c(F)c(F)c1F)c1nc(c(-c3c(F)c(F)c(F)c(F)c3F)c3ccc([nH]3)c(-c3c(F)c(F)c(F)c(F)c3F)c3nc(c2-c2c(F)c(F)c(F)c(F)c2F)C=C3)C=C1. The molecule has 0 radical (unpaired) electrons. The maximum atomic E-state index is 15.9. The van der Waals surface area contributed by atoms with Gasteiger partial charge in [-0.05, 0) is 42.5 Å². The predicted molar refractivity (Wildman–Crippen MR) is 204 cm³/mol. The monoisotopic (exact) mass is 989 g/mol. The van der Waals surface area contributed by atoms with Crippen molar-refractivity contribution in [3.63, 3.8) is 0 Å². The lowest BCUT2D eigenvalue weighted by atomic mass is 10.0. The molecule has 3 aromatic heterocycles. The Labute approximate surface area is 367 Å². The van der Waals surface area contributed by atoms with Gasteiger partial charge in [-0.2, -0.15) is 0 Å². The van der Waals surface area contributed by atoms with Gasteiger partial charge < -0.3 is 15.7 Å². The van der Waals surface area contributed by atoms with Crippen LogP contribution in [0.15, 0.2) is 18.2 Å². The molecule has 0 saturated carbocycles. The Morgan fingerprint density at radius 2 is 0.507 bits per heavy atom. The molecule has 25 heteroatoms. The number of hydrogen-bond acceptors (Lipinski definition) is 3. The minimum atomic E-state index is -2.74. The molecule has 8 bridgehead atoms. The molecular weight excluding hydrogens is 978 g/mol. The number of aromatic nitrogens is 4. The highest BCUT2D eigenvalue weighted by Crippen LogP contribution is 2.45. The van der Waals surface area contributed by atoms with Crippen molar-refractivity contribution in [1.29, 1.82) is 0 Å². The fourth-order valence-electron chi connectivity index (χ4n) is 7.66. The van der Waals surface area contributed by atoms with Gasteiger partial charge in [0.25, 0.3) is 0 Å². The molecular formula is C44H11F20N5. The smallest absolute Gasteiger partial charge is 0.200 e. The van der Waals surface area contributed by atoms with Crippen LogP contribution >= 0.6 is 0 Å². The summed E-state index contributed by atoms with van der Waals surface area (Å²) in [6.45, 7) is 0. The summed E-state index contributed by atoms with van der Waals surface area (Å²) in [7, 11) is 0. The lowest BCUT2D eigenvalue weighted by Gasteiger charge is -2.12. The van der Waals surface area contributed by atoms with Crippen molar-refractivity contribution in [2.45, 2.75) is 0 Å². The average molecular weight is 990 g/mol. The van der Waals surface area contributed by atoms with E-state index in [9.17, 15) is 52.7 Å². The summed E-state index contributed by atoms with van der Waals surface area (Å²) in [5, 5.41) is 0. The van der Waals surface area contributed by atoms with E-state index in [0.29, 0.717) is 42.5 Å². The molecule has 7 aromatic rings. The van der Waals surface area contributed by atoms with Crippen molar-refractivity contribution < 1.29 is 87.8 Å². The van der Waals surface area contributed by atoms with Crippen LogP contribution in [-0.2, 0) is 0 Å². The van der Waals surface area contributed by atoms with Crippen LogP contribution in [0, 0.1) is 116 Å². The van der Waals surface area contributed by atoms with Gasteiger partial charge in [-0.1, -0.05) is 0 Å². The second-order valence-corrected chi connectivity index (χ2v) is 14.5. The number of hydrogen-bond donors (Lipinski definition) is 3. The molecule has 5 heterocycles. The lowest BCUT2D eigenvalue weighted by Crippen LogP contribution is -2.06. The van der Waals surface area contributed by atoms with E-state index in [1.54, 1.807) is 0 Å². The fourth-order valence-corrected chi connectivity index (χ4v) is 7.66. The maximum absolute atomic E-state index is 15.9. The van der Waals surface area contributed by atoms with Gasteiger partial charge in [0.1, 0.15) is 0 Å². The van der Waals surface area contributed by atoms with Gasteiger partial charge in [0.15, 0.2) is 93.1 Å². The quantitative estimate of drug-likeness (QED) is 0.0933. The van der Waals surface area contributed by atoms with Crippen LogP contribution in [0.25, 0.3) is 90.9 Å². The summed E-state index contributed by atoms with van der Waals surface area (Å²) in [5.74, 6) is -53.2. The van der Waals surface area contributed by atoms with E-state index in [1.165, 1.54) is 0 Å². The summed E-state index contributed by atoms with van der Waals surface area (Å²) in [5.41, 5.74) is -16.2. The number of nitrogens with one attached hydrogen (secondary N) is 2. The number of nitrogens with two attached hydrogens (primary N) is 1. The molecule has 0 saturated heterocycles. The van der Waals surface area contributed by atoms with Crippen LogP contribution in [0.5, 0.6) is 0 Å². The van der Waals surface area contributed by atoms with E-state index < -0.39 is 211 Å². The van der Waals surface area contributed by atoms with Gasteiger partial charge in [-0.3, -0.25) is 0 Å². The lowest BCUT2D eigenvalue weighted by molar-refractivity contribution is 0.381. The molecule has 5 nitrogen and oxygen atoms in total. The highest BCUT2D eigenvalue weighted by Gasteiger charge is 2.35. The van der Waals surface area contributed by atoms with Crippen molar-refractivity contribution in [3.8, 4) is 44.5 Å². The largest absolute Gasteiger partial charge is 0.397 e. The third kappa shape index (κ3) is 6.56. The zero-order valence-electron chi connectivity index (χ0n) is 32.6. The van der Waals surface area contributed by atoms with E-state index in [1.807, 2.05) is 0 Å². The summed E-state index contributed by atoms with van der Waals surface area (Å²) >= 11 is 0. The maximum Gasteiger partial charge on any atom is 0.200 e. The van der Waals surface area contributed by atoms with Crippen molar-refractivity contribution in [2.24, 2.45) is 0 Å². The van der Waals surface area contributed by atoms with Crippen LogP contribution in [0.2, 0.25) is 0 Å². The zero-order chi connectivity index (χ0) is 50.1. The van der Waals surface area contributed by atoms with Crippen molar-refractivity contribution >= 4 is 52.1 Å². The third-order valence-corrected chi connectivity index (χ3v) is 10.7. The molecule has 4 aromatic carbocycles. The van der Waals surface area contributed by atoms with Crippen molar-refractivity contribution in [3.05, 3.63) is 157 Å². The number of anilines is 1. The number of rotatable bonds is 4. The molecule has 352 valence electrons. The van der Waals surface area contributed by atoms with Crippen molar-refractivity contribution in [2.75, 3.05) is 5.73 Å². The van der Waals surface area contributed by atoms with Crippen LogP contribution in [0.3, 0.4) is 0 Å². The topological polar surface area (TPSA) is 83.4 Å². The Morgan fingerprint density at radius 3 is 0.797 bits per heavy atom. The molecule has 0 amide bonds. The predicted octanol–water partition coefficient (Wildman–Crippen LogP) is 13.7. The zero-order valence-corrected chi connectivity index (χ0v) is 32.6. The molecule has 0 fully saturated rings. The minimum Gasteiger partial charge on any atom is -0.397 e. The number of aromatic amines is 2. The van der Waals surface area contributed by atoms with E-state index in [0.717, 1.165) is 0 Å². The number of nitrogen functional groups attached to an aromatic ring is 1. The van der Waals surface area contributed by atoms with Crippen LogP contribution < -0.4 is 5.73 Å². The van der Waals surface area contributed by atoms with Gasteiger partial charge >= 0.3 is 0 Å².